The summed E-state index contributed by atoms with van der Waals surface area (Å²) in [6, 6.07) is 25.9. The highest BCUT2D eigenvalue weighted by molar-refractivity contribution is 5.79. The van der Waals surface area contributed by atoms with Crippen LogP contribution < -0.4 is 4.74 Å². The van der Waals surface area contributed by atoms with Gasteiger partial charge >= 0.3 is 0 Å². The van der Waals surface area contributed by atoms with Crippen LogP contribution in [-0.4, -0.2) is 12.9 Å². The third-order valence-electron chi connectivity index (χ3n) is 6.58. The van der Waals surface area contributed by atoms with Gasteiger partial charge < -0.3 is 9.47 Å². The Labute approximate surface area is 193 Å². The molecule has 1 aliphatic carbocycles. The Kier molecular flexibility index (Phi) is 7.01. The summed E-state index contributed by atoms with van der Waals surface area (Å²) in [7, 11) is 0. The normalized spacial score (nSPS) is 15.0. The van der Waals surface area contributed by atoms with Crippen LogP contribution in [0.15, 0.2) is 72.8 Å². The summed E-state index contributed by atoms with van der Waals surface area (Å²) in [5, 5.41) is 0. The first-order chi connectivity index (χ1) is 15.5. The van der Waals surface area contributed by atoms with Gasteiger partial charge in [0.15, 0.2) is 0 Å². The average Bonchev–Trinajstić information content (AvgIpc) is 3.12. The summed E-state index contributed by atoms with van der Waals surface area (Å²) in [5.41, 5.74) is 6.52. The second-order valence-corrected chi connectivity index (χ2v) is 9.64. The standard InChI is InChI=1S/C30H36O2/c1-6-31-30(29-26-13-9-7-11-24(26)25-12-8-10-14-27(25)29)32-23-17-15-22(16-18-23)28(21(4)5)19-20(2)3/h7-18,20-21,28-30H,6,19H2,1-5H3. The van der Waals surface area contributed by atoms with Crippen molar-refractivity contribution < 1.29 is 9.47 Å². The highest BCUT2D eigenvalue weighted by atomic mass is 16.7. The van der Waals surface area contributed by atoms with Crippen LogP contribution in [0, 0.1) is 11.8 Å². The summed E-state index contributed by atoms with van der Waals surface area (Å²) >= 11 is 0. The van der Waals surface area contributed by atoms with Crippen LogP contribution in [0.1, 0.15) is 69.6 Å². The number of hydrogen-bond acceptors (Lipinski definition) is 2. The van der Waals surface area contributed by atoms with Crippen molar-refractivity contribution in [1.29, 1.82) is 0 Å². The van der Waals surface area contributed by atoms with Crippen molar-refractivity contribution in [2.75, 3.05) is 6.61 Å². The molecule has 4 rings (SSSR count). The van der Waals surface area contributed by atoms with Crippen molar-refractivity contribution in [1.82, 2.24) is 0 Å². The number of hydrogen-bond donors (Lipinski definition) is 0. The maximum absolute atomic E-state index is 6.51. The number of ether oxygens (including phenoxy) is 2. The Balaban J connectivity index is 1.61. The lowest BCUT2D eigenvalue weighted by Gasteiger charge is -2.27. The van der Waals surface area contributed by atoms with Crippen LogP contribution in [-0.2, 0) is 4.74 Å². The van der Waals surface area contributed by atoms with Gasteiger partial charge in [-0.3, -0.25) is 0 Å². The molecule has 0 heterocycles. The molecule has 3 aromatic carbocycles. The number of benzene rings is 3. The van der Waals surface area contributed by atoms with E-state index in [0.717, 1.165) is 5.75 Å². The Bertz CT molecular complexity index is 974. The molecule has 2 atom stereocenters. The largest absolute Gasteiger partial charge is 0.464 e. The third kappa shape index (κ3) is 4.61. The first-order valence-corrected chi connectivity index (χ1v) is 12.1. The topological polar surface area (TPSA) is 18.5 Å². The van der Waals surface area contributed by atoms with Crippen LogP contribution >= 0.6 is 0 Å². The lowest BCUT2D eigenvalue weighted by molar-refractivity contribution is -0.0841. The summed E-state index contributed by atoms with van der Waals surface area (Å²) in [6.45, 7) is 11.9. The van der Waals surface area contributed by atoms with Crippen molar-refractivity contribution in [3.63, 3.8) is 0 Å². The lowest BCUT2D eigenvalue weighted by atomic mass is 9.82. The van der Waals surface area contributed by atoms with E-state index < -0.39 is 0 Å². The lowest BCUT2D eigenvalue weighted by Crippen LogP contribution is -2.28. The van der Waals surface area contributed by atoms with Gasteiger partial charge in [0, 0.05) is 6.61 Å². The Hall–Kier alpha value is -2.58. The smallest absolute Gasteiger partial charge is 0.210 e. The van der Waals surface area contributed by atoms with E-state index in [9.17, 15) is 0 Å². The molecule has 1 aliphatic rings. The van der Waals surface area contributed by atoms with Gasteiger partial charge in [-0.25, -0.2) is 0 Å². The fourth-order valence-electron chi connectivity index (χ4n) is 5.08. The minimum atomic E-state index is -0.368. The molecule has 0 aliphatic heterocycles. The molecule has 3 aromatic rings. The van der Waals surface area contributed by atoms with Gasteiger partial charge in [0.05, 0.1) is 5.92 Å². The van der Waals surface area contributed by atoms with Gasteiger partial charge in [-0.05, 0) is 71.0 Å². The van der Waals surface area contributed by atoms with Crippen LogP contribution in [0.3, 0.4) is 0 Å². The first kappa shape index (κ1) is 22.6. The molecule has 0 amide bonds. The monoisotopic (exact) mass is 428 g/mol. The minimum absolute atomic E-state index is 0.0615. The fraction of sp³-hybridized carbons (Fsp3) is 0.400. The van der Waals surface area contributed by atoms with Gasteiger partial charge in [0.1, 0.15) is 5.75 Å². The number of fused-ring (bicyclic) bond motifs is 3. The Morgan fingerprint density at radius 2 is 1.31 bits per heavy atom. The molecule has 2 heteroatoms. The summed E-state index contributed by atoms with van der Waals surface area (Å²) in [4.78, 5) is 0. The maximum atomic E-state index is 6.51. The average molecular weight is 429 g/mol. The van der Waals surface area contributed by atoms with Crippen molar-refractivity contribution in [2.45, 2.75) is 59.2 Å². The first-order valence-electron chi connectivity index (χ1n) is 12.1. The third-order valence-corrected chi connectivity index (χ3v) is 6.58. The minimum Gasteiger partial charge on any atom is -0.464 e. The van der Waals surface area contributed by atoms with Crippen LogP contribution in [0.25, 0.3) is 11.1 Å². The highest BCUT2D eigenvalue weighted by Crippen LogP contribution is 2.47. The Morgan fingerprint density at radius 3 is 1.81 bits per heavy atom. The molecular weight excluding hydrogens is 392 g/mol. The van der Waals surface area contributed by atoms with Crippen LogP contribution in [0.2, 0.25) is 0 Å². The van der Waals surface area contributed by atoms with Crippen molar-refractivity contribution in [3.8, 4) is 16.9 Å². The maximum Gasteiger partial charge on any atom is 0.210 e. The van der Waals surface area contributed by atoms with Crippen molar-refractivity contribution in [3.05, 3.63) is 89.5 Å². The van der Waals surface area contributed by atoms with Crippen LogP contribution in [0.4, 0.5) is 0 Å². The Morgan fingerprint density at radius 1 is 0.750 bits per heavy atom. The zero-order chi connectivity index (χ0) is 22.7. The van der Waals surface area contributed by atoms with Gasteiger partial charge in [-0.2, -0.15) is 0 Å². The molecule has 0 fully saturated rings. The predicted molar refractivity (Wildman–Crippen MR) is 133 cm³/mol. The zero-order valence-electron chi connectivity index (χ0n) is 20.0. The summed E-state index contributed by atoms with van der Waals surface area (Å²) in [5.74, 6) is 2.79. The molecule has 0 aromatic heterocycles. The van der Waals surface area contributed by atoms with Gasteiger partial charge in [-0.15, -0.1) is 0 Å². The zero-order valence-corrected chi connectivity index (χ0v) is 20.0. The van der Waals surface area contributed by atoms with Gasteiger partial charge in [0.2, 0.25) is 6.29 Å². The molecule has 2 nitrogen and oxygen atoms in total. The number of rotatable bonds is 9. The van der Waals surface area contributed by atoms with E-state index in [1.165, 1.54) is 34.2 Å². The molecule has 32 heavy (non-hydrogen) atoms. The van der Waals surface area contributed by atoms with Crippen molar-refractivity contribution in [2.24, 2.45) is 11.8 Å². The van der Waals surface area contributed by atoms with E-state index in [0.29, 0.717) is 24.4 Å². The highest BCUT2D eigenvalue weighted by Gasteiger charge is 2.36. The molecule has 0 saturated heterocycles. The molecule has 0 saturated carbocycles. The molecule has 168 valence electrons. The molecule has 0 N–H and O–H groups in total. The summed E-state index contributed by atoms with van der Waals surface area (Å²) < 4.78 is 12.7. The van der Waals surface area contributed by atoms with E-state index in [2.05, 4.69) is 100 Å². The fourth-order valence-corrected chi connectivity index (χ4v) is 5.08. The van der Waals surface area contributed by atoms with E-state index in [-0.39, 0.29) is 12.2 Å². The summed E-state index contributed by atoms with van der Waals surface area (Å²) in [6.07, 6.45) is 0.835. The molecule has 0 radical (unpaired) electrons. The molecule has 0 spiro atoms. The van der Waals surface area contributed by atoms with E-state index >= 15 is 0 Å². The van der Waals surface area contributed by atoms with E-state index in [1.54, 1.807) is 0 Å². The van der Waals surface area contributed by atoms with E-state index in [4.69, 9.17) is 9.47 Å². The second kappa shape index (κ2) is 9.92. The SMILES string of the molecule is CCOC(Oc1ccc(C(CC(C)C)C(C)C)cc1)C1c2ccccc2-c2ccccc21. The van der Waals surface area contributed by atoms with Crippen molar-refractivity contribution >= 4 is 0 Å². The molecule has 2 unspecified atom stereocenters. The molecule has 0 bridgehead atoms. The second-order valence-electron chi connectivity index (χ2n) is 9.64. The predicted octanol–water partition coefficient (Wildman–Crippen LogP) is 8.03. The van der Waals surface area contributed by atoms with Crippen LogP contribution in [0.5, 0.6) is 5.75 Å². The van der Waals surface area contributed by atoms with Gasteiger partial charge in [0.25, 0.3) is 0 Å². The molecular formula is C30H36O2. The quantitative estimate of drug-likeness (QED) is 0.321. The van der Waals surface area contributed by atoms with E-state index in [1.807, 2.05) is 6.92 Å². The van der Waals surface area contributed by atoms with Gasteiger partial charge in [-0.1, -0.05) is 88.4 Å².